The molecule has 4 aromatic heterocycles. The Morgan fingerprint density at radius 2 is 0.920 bits per heavy atom. The number of benzene rings is 4. The Bertz CT molecular complexity index is 5340. The first-order valence-electron chi connectivity index (χ1n) is 34.9. The van der Waals surface area contributed by atoms with E-state index in [-0.39, 0.29) is 83.7 Å². The fraction of sp³-hybridized carbons (Fsp3) is 0.371. The molecule has 5 atom stereocenters. The molecule has 610 valence electrons. The maximum atomic E-state index is 14.1. The van der Waals surface area contributed by atoms with Crippen molar-refractivity contribution >= 4 is 122 Å². The number of hydrogen-bond donors (Lipinski definition) is 19. The third-order valence-electron chi connectivity index (χ3n) is 17.7. The summed E-state index contributed by atoms with van der Waals surface area (Å²) in [5, 5.41) is 43.2. The molecule has 0 aliphatic heterocycles. The monoisotopic (exact) mass is 1650 g/mol. The fourth-order valence-corrected chi connectivity index (χ4v) is 17.3. The molecule has 0 bridgehead atoms. The summed E-state index contributed by atoms with van der Waals surface area (Å²) in [7, 11) is -17.2. The highest BCUT2D eigenvalue weighted by atomic mass is 32.3. The van der Waals surface area contributed by atoms with Gasteiger partial charge in [0.2, 0.25) is 54.5 Å². The van der Waals surface area contributed by atoms with Crippen molar-refractivity contribution in [2.24, 2.45) is 0 Å². The van der Waals surface area contributed by atoms with Crippen molar-refractivity contribution in [3.63, 3.8) is 0 Å². The quantitative estimate of drug-likeness (QED) is 0.0190. The minimum atomic E-state index is -5.03. The number of carboxylic acid groups (broad SMARTS) is 2. The van der Waals surface area contributed by atoms with Gasteiger partial charge in [-0.05, 0) is 125 Å². The molecule has 0 saturated carbocycles. The van der Waals surface area contributed by atoms with Gasteiger partial charge in [-0.3, -0.25) is 52.5 Å². The van der Waals surface area contributed by atoms with Crippen molar-refractivity contribution in [3.05, 3.63) is 174 Å². The normalized spacial score (nSPS) is 13.4. The lowest BCUT2D eigenvalue weighted by molar-refractivity contribution is -0.139. The zero-order chi connectivity index (χ0) is 83.0. The Morgan fingerprint density at radius 3 is 1.28 bits per heavy atom. The number of imidazole rings is 2. The van der Waals surface area contributed by atoms with Crippen molar-refractivity contribution < 1.29 is 92.0 Å². The number of aliphatic carboxylic acids is 2. The molecule has 0 aliphatic rings. The van der Waals surface area contributed by atoms with Crippen LogP contribution in [-0.4, -0.2) is 205 Å². The smallest absolute Gasteiger partial charge is 0.323 e. The molecule has 4 aromatic carbocycles. The maximum absolute atomic E-state index is 14.1. The number of carbonyl (C=O) groups is 8. The average Bonchev–Trinajstić information content (AvgIpc) is 1.11. The van der Waals surface area contributed by atoms with Crippen LogP contribution in [0.4, 0.5) is 11.9 Å². The van der Waals surface area contributed by atoms with E-state index in [4.69, 9.17) is 0 Å². The Kier molecular flexibility index (Phi) is 29.5. The molecule has 0 saturated heterocycles. The van der Waals surface area contributed by atoms with Gasteiger partial charge >= 0.3 is 11.9 Å². The van der Waals surface area contributed by atoms with Crippen LogP contribution < -0.4 is 68.2 Å². The highest BCUT2D eigenvalue weighted by Crippen LogP contribution is 2.33. The molecule has 0 spiro atoms. The van der Waals surface area contributed by atoms with Crippen LogP contribution in [0.5, 0.6) is 0 Å². The van der Waals surface area contributed by atoms with Gasteiger partial charge in [0.1, 0.15) is 41.0 Å². The summed E-state index contributed by atoms with van der Waals surface area (Å²) >= 11 is 0. The lowest BCUT2D eigenvalue weighted by Crippen LogP contribution is -2.55. The van der Waals surface area contributed by atoms with E-state index in [0.717, 1.165) is 11.1 Å². The van der Waals surface area contributed by atoms with Crippen LogP contribution in [-0.2, 0) is 85.1 Å². The summed E-state index contributed by atoms with van der Waals surface area (Å²) in [6, 6.07) is 6.73. The highest BCUT2D eigenvalue weighted by Gasteiger charge is 2.34. The zero-order valence-corrected chi connectivity index (χ0v) is 65.4. The third kappa shape index (κ3) is 24.3. The fourth-order valence-electron chi connectivity index (χ4n) is 12.7. The first-order valence-corrected chi connectivity index (χ1v) is 41.1. The van der Waals surface area contributed by atoms with Gasteiger partial charge in [-0.15, -0.1) is 0 Å². The maximum Gasteiger partial charge on any atom is 0.323 e. The number of fused-ring (bicyclic) bond motifs is 2. The summed E-state index contributed by atoms with van der Waals surface area (Å²) in [5.74, 6) is -11.3. The summed E-state index contributed by atoms with van der Waals surface area (Å²) in [5.41, 5.74) is 2.15. The number of rotatable bonds is 41. The number of anilines is 2. The second-order valence-corrected chi connectivity index (χ2v) is 33.1. The van der Waals surface area contributed by atoms with Crippen LogP contribution in [0.25, 0.3) is 21.8 Å². The van der Waals surface area contributed by atoms with Crippen LogP contribution in [0, 0.1) is 41.5 Å². The molecule has 113 heavy (non-hydrogen) atoms. The predicted octanol–water partition coefficient (Wildman–Crippen LogP) is 1.32. The van der Waals surface area contributed by atoms with Crippen molar-refractivity contribution in [2.75, 3.05) is 55.4 Å². The average molecular weight is 1650 g/mol. The molecule has 19 N–H and O–H groups in total. The number of likely N-dealkylation sites (N-methyl/N-ethyl adjacent to an activating group) is 1. The van der Waals surface area contributed by atoms with E-state index >= 15 is 0 Å². The SMILES string of the molecule is CN[C@@H](CCC(=O)N[C@@H](CS(O)(O)O)C(=O)NCCCn1cc(C(=O)NC[C@H](NS(=O)(=O)c2c(C)cc(C)cc2C)C(=O)O)c(=O)c2ccc(CNc3ncc[nH]3)cc21)C(=O)N[C@@H](CS(=O)(=O)O)C(=O)NCCCn1cc(C(=O)NC[C@H](NS(=O)(=O)c2c(C)cc(C)cc2C)C(=O)O)c(=O)c2ccc(CNc3ncc[nH]3)cc21. The van der Waals surface area contributed by atoms with Crippen molar-refractivity contribution in [3.8, 4) is 0 Å². The van der Waals surface area contributed by atoms with E-state index in [0.29, 0.717) is 45.3 Å². The van der Waals surface area contributed by atoms with Gasteiger partial charge < -0.3 is 90.8 Å². The molecule has 0 unspecified atom stereocenters. The Labute approximate surface area is 649 Å². The number of pyridine rings is 2. The van der Waals surface area contributed by atoms with E-state index < -0.39 is 178 Å². The summed E-state index contributed by atoms with van der Waals surface area (Å²) < 4.78 is 126. The number of aromatic amines is 2. The van der Waals surface area contributed by atoms with Crippen LogP contribution in [0.1, 0.15) is 90.9 Å². The second kappa shape index (κ2) is 38.0. The van der Waals surface area contributed by atoms with Crippen molar-refractivity contribution in [1.29, 1.82) is 0 Å². The number of amides is 6. The number of carboxylic acids is 2. The summed E-state index contributed by atoms with van der Waals surface area (Å²) in [6.45, 7) is 7.73. The number of nitrogens with zero attached hydrogens (tertiary/aromatic N) is 4. The van der Waals surface area contributed by atoms with Gasteiger partial charge in [0.05, 0.1) is 43.5 Å². The number of nitrogens with one attached hydrogen (secondary N) is 13. The lowest BCUT2D eigenvalue weighted by Gasteiger charge is -2.26. The Morgan fingerprint density at radius 1 is 0.513 bits per heavy atom. The molecular weight excluding hydrogens is 1560 g/mol. The summed E-state index contributed by atoms with van der Waals surface area (Å²) in [4.78, 5) is 149. The zero-order valence-electron chi connectivity index (χ0n) is 62.2. The number of aromatic nitrogens is 6. The van der Waals surface area contributed by atoms with E-state index in [2.05, 4.69) is 77.2 Å². The van der Waals surface area contributed by atoms with E-state index in [1.165, 1.54) is 53.1 Å². The van der Waals surface area contributed by atoms with Gasteiger partial charge in [-0.1, -0.05) is 47.5 Å². The molecule has 39 nitrogen and oxygen atoms in total. The van der Waals surface area contributed by atoms with Gasteiger partial charge in [0.25, 0.3) is 21.9 Å². The number of sulfonamides is 2. The largest absolute Gasteiger partial charge is 0.480 e. The third-order valence-corrected chi connectivity index (χ3v) is 22.8. The molecule has 8 aromatic rings. The van der Waals surface area contributed by atoms with E-state index in [9.17, 15) is 102 Å². The van der Waals surface area contributed by atoms with Gasteiger partial charge in [-0.2, -0.15) is 17.9 Å². The first kappa shape index (κ1) is 87.6. The van der Waals surface area contributed by atoms with Crippen LogP contribution in [0.2, 0.25) is 0 Å². The number of H-pyrrole nitrogens is 2. The van der Waals surface area contributed by atoms with Crippen molar-refractivity contribution in [2.45, 2.75) is 133 Å². The molecule has 0 radical (unpaired) electrons. The number of aryl methyl sites for hydroxylation is 8. The highest BCUT2D eigenvalue weighted by molar-refractivity contribution is 8.19. The molecule has 8 rings (SSSR count). The number of hydrogen-bond acceptors (Lipinski definition) is 24. The van der Waals surface area contributed by atoms with E-state index in [1.807, 2.05) is 0 Å². The Balaban J connectivity index is 0.898. The van der Waals surface area contributed by atoms with E-state index in [1.54, 1.807) is 102 Å². The topological polar surface area (TPSA) is 594 Å². The van der Waals surface area contributed by atoms with Crippen LogP contribution in [0.3, 0.4) is 0 Å². The predicted molar refractivity (Wildman–Crippen MR) is 416 cm³/mol. The molecule has 43 heteroatoms. The molecular formula is C70H89N17O22S4. The second-order valence-electron chi connectivity index (χ2n) is 26.7. The minimum Gasteiger partial charge on any atom is -0.480 e. The Hall–Kier alpha value is -11.0. The standard InChI is InChI=1S/C70H89N17O22S4/c1-38-24-40(3)60(41(4)25-38)112(106,107)84-51(67(96)97)32-78-62(91)48-34-86(55-28-44(10-12-46(55)58(48)89)30-80-69-74-18-19-75-69)22-8-16-72-64(93)53(36-110(100,101)102)82-57(88)15-14-50(71-7)66(95)83-54(37-111(103,104)105)65(94)73-17-9-23-87-35-49(59(90)47-13-11-45(29-56(47)87)31-81-70-76-20-21-77-70)63(92)79-33-52(68(98)99)85-113(108,109)61-42(5)26-39(2)27-43(61)6/h10-13,18-21,24-29,34-35,50-54,71,84-85,100-102H,8-9,14-17,22-23,30-33,36-37H2,1-7H3,(H,72,93)(H,73,94)(H,78,91)(H,79,92)(H,82,88)(H,83,95)(H,96,97)(H,98,99)(H2,74,75,80)(H2,76,77,81)(H,103,104,105)/t50-,51-,52-,53-,54-/m0/s1. The lowest BCUT2D eigenvalue weighted by atomic mass is 10.1. The molecule has 4 heterocycles. The molecule has 6 amide bonds. The molecule has 0 aliphatic carbocycles. The van der Waals surface area contributed by atoms with Gasteiger partial charge in [0.15, 0.2) is 11.9 Å². The van der Waals surface area contributed by atoms with Crippen LogP contribution in [0.15, 0.2) is 117 Å². The minimum absolute atomic E-state index is 0.00815. The van der Waals surface area contributed by atoms with Gasteiger partial charge in [0, 0.05) is 107 Å². The van der Waals surface area contributed by atoms with Crippen molar-refractivity contribution in [1.82, 2.24) is 75.7 Å². The molecule has 0 fully saturated rings. The number of carbonyl (C=O) groups excluding carboxylic acids is 6. The van der Waals surface area contributed by atoms with Gasteiger partial charge in [-0.25, -0.2) is 26.8 Å². The van der Waals surface area contributed by atoms with Crippen LogP contribution >= 0.6 is 10.9 Å². The summed E-state index contributed by atoms with van der Waals surface area (Å²) in [6.07, 6.45) is 7.44. The first-order chi connectivity index (χ1) is 53.1.